The van der Waals surface area contributed by atoms with Crippen molar-refractivity contribution in [3.63, 3.8) is 0 Å². The number of urea groups is 1. The van der Waals surface area contributed by atoms with Crippen molar-refractivity contribution >= 4 is 24.1 Å². The molecule has 0 aliphatic rings. The van der Waals surface area contributed by atoms with Crippen LogP contribution >= 0.6 is 0 Å². The Morgan fingerprint density at radius 1 is 1.15 bits per heavy atom. The molecule has 0 bridgehead atoms. The highest BCUT2D eigenvalue weighted by molar-refractivity contribution is 5.90. The first kappa shape index (κ1) is 33.1. The molecule has 5 aromatic rings. The van der Waals surface area contributed by atoms with Gasteiger partial charge in [-0.15, -0.1) is 5.10 Å². The molecule has 3 heterocycles. The van der Waals surface area contributed by atoms with Crippen molar-refractivity contribution in [1.29, 1.82) is 5.26 Å². The van der Waals surface area contributed by atoms with Gasteiger partial charge >= 0.3 is 12.2 Å². The van der Waals surface area contributed by atoms with Gasteiger partial charge in [0.2, 0.25) is 0 Å². The maximum absolute atomic E-state index is 13.7. The fourth-order valence-corrected chi connectivity index (χ4v) is 4.75. The lowest BCUT2D eigenvalue weighted by atomic mass is 9.95. The predicted molar refractivity (Wildman–Crippen MR) is 164 cm³/mol. The average Bonchev–Trinajstić information content (AvgIpc) is 3.66. The zero-order chi connectivity index (χ0) is 33.4. The van der Waals surface area contributed by atoms with Gasteiger partial charge in [-0.3, -0.25) is 10.1 Å². The highest BCUT2D eigenvalue weighted by Crippen LogP contribution is 2.38. The molecule has 15 heteroatoms. The minimum absolute atomic E-state index is 0.00418. The summed E-state index contributed by atoms with van der Waals surface area (Å²) >= 11 is 0. The summed E-state index contributed by atoms with van der Waals surface area (Å²) in [7, 11) is 3.88. The first-order valence-electron chi connectivity index (χ1n) is 13.9. The monoisotopic (exact) mass is 633 g/mol. The van der Waals surface area contributed by atoms with Gasteiger partial charge in [-0.1, -0.05) is 12.1 Å². The number of fused-ring (bicyclic) bond motifs is 1. The molecule has 0 radical (unpaired) electrons. The molecule has 0 aliphatic carbocycles. The van der Waals surface area contributed by atoms with Crippen molar-refractivity contribution in [1.82, 2.24) is 34.6 Å². The van der Waals surface area contributed by atoms with Gasteiger partial charge in [0.05, 0.1) is 34.8 Å². The number of amides is 2. The summed E-state index contributed by atoms with van der Waals surface area (Å²) in [5.41, 5.74) is 3.26. The number of rotatable bonds is 8. The Hall–Kier alpha value is -5.75. The van der Waals surface area contributed by atoms with E-state index in [4.69, 9.17) is 9.90 Å². The van der Waals surface area contributed by atoms with Crippen LogP contribution in [0.4, 0.5) is 23.9 Å². The van der Waals surface area contributed by atoms with Gasteiger partial charge < -0.3 is 15.3 Å². The largest absolute Gasteiger partial charge is 0.483 e. The maximum atomic E-state index is 13.7. The minimum atomic E-state index is -4.54. The van der Waals surface area contributed by atoms with Crippen LogP contribution in [0.3, 0.4) is 0 Å². The third kappa shape index (κ3) is 7.66. The summed E-state index contributed by atoms with van der Waals surface area (Å²) in [5, 5.41) is 30.3. The van der Waals surface area contributed by atoms with Crippen LogP contribution in [0.5, 0.6) is 0 Å². The number of aromatic nitrogens is 5. The third-order valence-electron chi connectivity index (χ3n) is 6.82. The van der Waals surface area contributed by atoms with Crippen LogP contribution in [0.25, 0.3) is 33.7 Å². The number of carbonyl (C=O) groups is 2. The number of anilines is 1. The van der Waals surface area contributed by atoms with Crippen molar-refractivity contribution in [2.45, 2.75) is 19.5 Å². The second-order valence-corrected chi connectivity index (χ2v) is 10.3. The summed E-state index contributed by atoms with van der Waals surface area (Å²) in [5.74, 6) is -0.00418. The van der Waals surface area contributed by atoms with Crippen LogP contribution in [0.1, 0.15) is 23.1 Å². The van der Waals surface area contributed by atoms with Gasteiger partial charge in [0.25, 0.3) is 12.4 Å². The topological polar surface area (TPSA) is 153 Å². The van der Waals surface area contributed by atoms with Gasteiger partial charge in [-0.25, -0.2) is 14.0 Å². The van der Waals surface area contributed by atoms with E-state index in [1.807, 2.05) is 19.0 Å². The van der Waals surface area contributed by atoms with E-state index < -0.39 is 17.8 Å². The molecule has 12 nitrogen and oxygen atoms in total. The third-order valence-corrected chi connectivity index (χ3v) is 6.82. The van der Waals surface area contributed by atoms with Gasteiger partial charge in [0.1, 0.15) is 0 Å². The number of benzene rings is 2. The highest BCUT2D eigenvalue weighted by atomic mass is 19.4. The summed E-state index contributed by atoms with van der Waals surface area (Å²) in [4.78, 5) is 27.4. The fourth-order valence-electron chi connectivity index (χ4n) is 4.75. The number of halogens is 3. The van der Waals surface area contributed by atoms with E-state index in [2.05, 4.69) is 31.9 Å². The van der Waals surface area contributed by atoms with Crippen molar-refractivity contribution in [3.8, 4) is 34.1 Å². The Kier molecular flexibility index (Phi) is 10.3. The molecule has 0 atom stereocenters. The van der Waals surface area contributed by atoms with Crippen LogP contribution in [0.15, 0.2) is 67.0 Å². The molecule has 2 aromatic carbocycles. The Labute approximate surface area is 261 Å². The van der Waals surface area contributed by atoms with E-state index in [-0.39, 0.29) is 23.6 Å². The lowest BCUT2D eigenvalue weighted by molar-refractivity contribution is -0.137. The Bertz CT molecular complexity index is 1870. The molecular weight excluding hydrogens is 603 g/mol. The van der Waals surface area contributed by atoms with E-state index in [0.717, 1.165) is 25.1 Å². The molecule has 0 saturated heterocycles. The number of carboxylic acid groups (broad SMARTS) is 1. The van der Waals surface area contributed by atoms with E-state index in [0.29, 0.717) is 40.2 Å². The molecule has 3 N–H and O–H groups in total. The van der Waals surface area contributed by atoms with E-state index in [1.165, 1.54) is 10.6 Å². The van der Waals surface area contributed by atoms with Gasteiger partial charge in [0, 0.05) is 23.9 Å². The van der Waals surface area contributed by atoms with E-state index >= 15 is 0 Å². The molecule has 0 saturated carbocycles. The first-order chi connectivity index (χ1) is 22.0. The molecule has 0 spiro atoms. The van der Waals surface area contributed by atoms with E-state index in [1.54, 1.807) is 60.4 Å². The molecule has 0 aliphatic heterocycles. The van der Waals surface area contributed by atoms with Crippen molar-refractivity contribution in [3.05, 3.63) is 83.7 Å². The van der Waals surface area contributed by atoms with Crippen LogP contribution < -0.4 is 10.6 Å². The SMILES string of the molecule is Cc1c(-c2ccnn2-c2ccc(C#N)cc2)cn2nc(NC(=O)NCCCN(C)C)nc2c1-c1cccc(C(F)(F)F)c1.O=CO. The smallest absolute Gasteiger partial charge is 0.416 e. The zero-order valence-corrected chi connectivity index (χ0v) is 25.1. The second kappa shape index (κ2) is 14.4. The number of hydrogen-bond acceptors (Lipinski definition) is 7. The average molecular weight is 634 g/mol. The molecule has 5 rings (SSSR count). The summed E-state index contributed by atoms with van der Waals surface area (Å²) in [6.45, 7) is 2.78. The number of pyridine rings is 1. The molecule has 46 heavy (non-hydrogen) atoms. The van der Waals surface area contributed by atoms with Gasteiger partial charge in [-0.2, -0.15) is 28.5 Å². The Morgan fingerprint density at radius 3 is 2.52 bits per heavy atom. The van der Waals surface area contributed by atoms with Crippen LogP contribution in [0.2, 0.25) is 0 Å². The lowest BCUT2D eigenvalue weighted by Gasteiger charge is -2.16. The predicted octanol–water partition coefficient (Wildman–Crippen LogP) is 5.22. The normalized spacial score (nSPS) is 11.1. The molecule has 3 aromatic heterocycles. The zero-order valence-electron chi connectivity index (χ0n) is 25.1. The van der Waals surface area contributed by atoms with E-state index in [9.17, 15) is 23.2 Å². The summed E-state index contributed by atoms with van der Waals surface area (Å²) < 4.78 is 44.2. The molecule has 2 amide bonds. The number of nitriles is 1. The summed E-state index contributed by atoms with van der Waals surface area (Å²) in [6.07, 6.45) is -0.493. The Balaban J connectivity index is 0.00000154. The molecular formula is C31H30F3N9O3. The number of nitrogens with zero attached hydrogens (tertiary/aromatic N) is 7. The van der Waals surface area contributed by atoms with Crippen LogP contribution in [-0.4, -0.2) is 74.1 Å². The standard InChI is InChI=1S/C30H28F3N9O.CH2O2/c1-19-24(25-12-14-36-42(25)23-10-8-20(17-34)9-11-23)18-41-27(26(19)21-6-4-7-22(16-21)30(31,32)33)37-28(39-41)38-29(43)35-13-5-15-40(2)3;2-1-3/h4,6-12,14,16,18H,5,13,15H2,1-3H3,(H2,35,38,39,43);1H,(H,2,3). The first-order valence-corrected chi connectivity index (χ1v) is 13.9. The van der Waals surface area contributed by atoms with Crippen LogP contribution in [-0.2, 0) is 11.0 Å². The van der Waals surface area contributed by atoms with Crippen molar-refractivity contribution < 1.29 is 27.9 Å². The second-order valence-electron chi connectivity index (χ2n) is 10.3. The fraction of sp³-hybridized carbons (Fsp3) is 0.226. The number of hydrogen-bond donors (Lipinski definition) is 3. The van der Waals surface area contributed by atoms with Gasteiger partial charge in [0.15, 0.2) is 5.65 Å². The molecule has 238 valence electrons. The molecule has 0 fully saturated rings. The number of carbonyl (C=O) groups excluding carboxylic acids is 1. The lowest BCUT2D eigenvalue weighted by Crippen LogP contribution is -2.31. The molecule has 0 unspecified atom stereocenters. The number of alkyl halides is 3. The number of nitrogens with one attached hydrogen (secondary N) is 2. The minimum Gasteiger partial charge on any atom is -0.483 e. The highest BCUT2D eigenvalue weighted by Gasteiger charge is 2.31. The maximum Gasteiger partial charge on any atom is 0.416 e. The van der Waals surface area contributed by atoms with Crippen molar-refractivity contribution in [2.24, 2.45) is 0 Å². The summed E-state index contributed by atoms with van der Waals surface area (Å²) in [6, 6.07) is 15.2. The quantitative estimate of drug-likeness (QED) is 0.155. The van der Waals surface area contributed by atoms with Crippen molar-refractivity contribution in [2.75, 3.05) is 32.5 Å². The van der Waals surface area contributed by atoms with Gasteiger partial charge in [-0.05, 0) is 87.6 Å². The van der Waals surface area contributed by atoms with Crippen LogP contribution in [0, 0.1) is 18.3 Å². The Morgan fingerprint density at radius 2 is 1.87 bits per heavy atom.